The summed E-state index contributed by atoms with van der Waals surface area (Å²) in [5.74, 6) is -0.328. The Morgan fingerprint density at radius 2 is 1.95 bits per heavy atom. The number of benzene rings is 1. The Bertz CT molecular complexity index is 640. The van der Waals surface area contributed by atoms with E-state index in [-0.39, 0.29) is 17.9 Å². The summed E-state index contributed by atoms with van der Waals surface area (Å²) in [5, 5.41) is 0. The second kappa shape index (κ2) is 5.75. The fourth-order valence-electron chi connectivity index (χ4n) is 1.69. The Kier molecular flexibility index (Phi) is 4.23. The molecular formula is C14H9BrF3NO. The van der Waals surface area contributed by atoms with Crippen LogP contribution in [0.1, 0.15) is 21.6 Å². The van der Waals surface area contributed by atoms with Crippen LogP contribution < -0.4 is 0 Å². The van der Waals surface area contributed by atoms with Gasteiger partial charge in [0.05, 0.1) is 5.56 Å². The van der Waals surface area contributed by atoms with E-state index in [2.05, 4.69) is 20.9 Å². The Morgan fingerprint density at radius 1 is 1.20 bits per heavy atom. The molecule has 0 fully saturated rings. The van der Waals surface area contributed by atoms with Gasteiger partial charge in [-0.05, 0) is 23.8 Å². The van der Waals surface area contributed by atoms with Gasteiger partial charge in [0.2, 0.25) is 0 Å². The van der Waals surface area contributed by atoms with Gasteiger partial charge in [0.25, 0.3) is 0 Å². The van der Waals surface area contributed by atoms with Crippen molar-refractivity contribution >= 4 is 21.7 Å². The number of rotatable bonds is 3. The monoisotopic (exact) mass is 343 g/mol. The van der Waals surface area contributed by atoms with Crippen LogP contribution in [0.15, 0.2) is 47.1 Å². The number of alkyl halides is 3. The molecule has 0 aliphatic carbocycles. The van der Waals surface area contributed by atoms with Crippen LogP contribution >= 0.6 is 15.9 Å². The van der Waals surface area contributed by atoms with Crippen molar-refractivity contribution in [2.24, 2.45) is 0 Å². The third kappa shape index (κ3) is 3.66. The molecule has 0 spiro atoms. The van der Waals surface area contributed by atoms with Crippen LogP contribution in [-0.2, 0) is 12.6 Å². The van der Waals surface area contributed by atoms with Crippen LogP contribution in [0.3, 0.4) is 0 Å². The molecule has 2 aromatic rings. The van der Waals surface area contributed by atoms with Crippen molar-refractivity contribution in [3.8, 4) is 0 Å². The van der Waals surface area contributed by atoms with Crippen LogP contribution in [0, 0.1) is 0 Å². The maximum Gasteiger partial charge on any atom is 0.416 e. The van der Waals surface area contributed by atoms with E-state index in [1.165, 1.54) is 24.4 Å². The molecule has 6 heteroatoms. The maximum absolute atomic E-state index is 12.6. The molecule has 0 atom stereocenters. The van der Waals surface area contributed by atoms with Crippen LogP contribution in [0.2, 0.25) is 0 Å². The molecule has 0 bridgehead atoms. The zero-order valence-electron chi connectivity index (χ0n) is 10.1. The highest BCUT2D eigenvalue weighted by molar-refractivity contribution is 9.10. The molecular weight excluding hydrogens is 335 g/mol. The molecule has 1 aromatic carbocycles. The lowest BCUT2D eigenvalue weighted by atomic mass is 10.0. The molecule has 0 unspecified atom stereocenters. The van der Waals surface area contributed by atoms with Gasteiger partial charge in [-0.25, -0.2) is 0 Å². The zero-order valence-corrected chi connectivity index (χ0v) is 11.7. The smallest absolute Gasteiger partial charge is 0.292 e. The summed E-state index contributed by atoms with van der Waals surface area (Å²) in [6.45, 7) is 0. The van der Waals surface area contributed by atoms with Gasteiger partial charge in [-0.3, -0.25) is 9.78 Å². The highest BCUT2D eigenvalue weighted by Crippen LogP contribution is 2.29. The van der Waals surface area contributed by atoms with Crippen LogP contribution in [0.25, 0.3) is 0 Å². The molecule has 20 heavy (non-hydrogen) atoms. The van der Waals surface area contributed by atoms with Gasteiger partial charge in [-0.15, -0.1) is 0 Å². The third-order valence-electron chi connectivity index (χ3n) is 2.63. The molecule has 0 aliphatic rings. The van der Waals surface area contributed by atoms with Crippen LogP contribution in [-0.4, -0.2) is 10.8 Å². The van der Waals surface area contributed by atoms with Gasteiger partial charge in [0, 0.05) is 17.1 Å². The van der Waals surface area contributed by atoms with Crippen molar-refractivity contribution < 1.29 is 18.0 Å². The number of hydrogen-bond acceptors (Lipinski definition) is 2. The molecule has 0 saturated carbocycles. The average molecular weight is 344 g/mol. The van der Waals surface area contributed by atoms with Crippen molar-refractivity contribution in [3.05, 3.63) is 63.9 Å². The Labute approximate surface area is 121 Å². The van der Waals surface area contributed by atoms with Crippen molar-refractivity contribution in [3.63, 3.8) is 0 Å². The molecule has 0 radical (unpaired) electrons. The number of carbonyl (C=O) groups is 1. The summed E-state index contributed by atoms with van der Waals surface area (Å²) >= 11 is 3.21. The molecule has 0 amide bonds. The summed E-state index contributed by atoms with van der Waals surface area (Å²) in [7, 11) is 0. The normalized spacial score (nSPS) is 11.4. The SMILES string of the molecule is O=C(Cc1cccc(C(F)(F)F)c1)c1cc(Br)ccn1. The summed E-state index contributed by atoms with van der Waals surface area (Å²) < 4.78 is 38.4. The van der Waals surface area contributed by atoms with E-state index in [0.717, 1.165) is 12.1 Å². The van der Waals surface area contributed by atoms with E-state index in [0.29, 0.717) is 10.0 Å². The lowest BCUT2D eigenvalue weighted by Crippen LogP contribution is -2.09. The number of nitrogens with zero attached hydrogens (tertiary/aromatic N) is 1. The molecule has 104 valence electrons. The van der Waals surface area contributed by atoms with E-state index < -0.39 is 11.7 Å². The molecule has 0 aliphatic heterocycles. The minimum atomic E-state index is -4.41. The average Bonchev–Trinajstić information content (AvgIpc) is 2.38. The summed E-state index contributed by atoms with van der Waals surface area (Å²) in [4.78, 5) is 15.9. The van der Waals surface area contributed by atoms with Gasteiger partial charge in [-0.1, -0.05) is 34.1 Å². The van der Waals surface area contributed by atoms with E-state index in [1.54, 1.807) is 6.07 Å². The largest absolute Gasteiger partial charge is 0.416 e. The summed E-state index contributed by atoms with van der Waals surface area (Å²) in [6, 6.07) is 7.95. The van der Waals surface area contributed by atoms with Crippen molar-refractivity contribution in [2.75, 3.05) is 0 Å². The zero-order chi connectivity index (χ0) is 14.8. The predicted molar refractivity (Wildman–Crippen MR) is 71.4 cm³/mol. The summed E-state index contributed by atoms with van der Waals surface area (Å²) in [5.41, 5.74) is -0.228. The fraction of sp³-hybridized carbons (Fsp3) is 0.143. The Balaban J connectivity index is 2.20. The van der Waals surface area contributed by atoms with Gasteiger partial charge in [0.1, 0.15) is 5.69 Å². The van der Waals surface area contributed by atoms with E-state index in [1.807, 2.05) is 0 Å². The minimum Gasteiger partial charge on any atom is -0.292 e. The van der Waals surface area contributed by atoms with E-state index >= 15 is 0 Å². The summed E-state index contributed by atoms with van der Waals surface area (Å²) in [6.07, 6.45) is -3.07. The predicted octanol–water partition coefficient (Wildman–Crippen LogP) is 4.29. The van der Waals surface area contributed by atoms with Gasteiger partial charge >= 0.3 is 6.18 Å². The second-order valence-electron chi connectivity index (χ2n) is 4.16. The van der Waals surface area contributed by atoms with Crippen molar-refractivity contribution in [1.29, 1.82) is 0 Å². The van der Waals surface area contributed by atoms with Crippen molar-refractivity contribution in [1.82, 2.24) is 4.98 Å². The molecule has 1 heterocycles. The molecule has 2 rings (SSSR count). The first kappa shape index (κ1) is 14.7. The molecule has 2 nitrogen and oxygen atoms in total. The number of aromatic nitrogens is 1. The third-order valence-corrected chi connectivity index (χ3v) is 3.12. The topological polar surface area (TPSA) is 30.0 Å². The Morgan fingerprint density at radius 3 is 2.60 bits per heavy atom. The molecule has 1 aromatic heterocycles. The highest BCUT2D eigenvalue weighted by Gasteiger charge is 2.30. The number of Topliss-reactive ketones (excluding diaryl/α,β-unsaturated/α-hetero) is 1. The van der Waals surface area contributed by atoms with Crippen LogP contribution in [0.4, 0.5) is 13.2 Å². The van der Waals surface area contributed by atoms with Crippen LogP contribution in [0.5, 0.6) is 0 Å². The quantitative estimate of drug-likeness (QED) is 0.778. The first-order valence-corrected chi connectivity index (χ1v) is 6.46. The fourth-order valence-corrected chi connectivity index (χ4v) is 2.03. The van der Waals surface area contributed by atoms with Gasteiger partial charge in [-0.2, -0.15) is 13.2 Å². The molecule has 0 saturated heterocycles. The van der Waals surface area contributed by atoms with E-state index in [9.17, 15) is 18.0 Å². The van der Waals surface area contributed by atoms with E-state index in [4.69, 9.17) is 0 Å². The first-order valence-electron chi connectivity index (χ1n) is 5.67. The lowest BCUT2D eigenvalue weighted by molar-refractivity contribution is -0.137. The highest BCUT2D eigenvalue weighted by atomic mass is 79.9. The number of pyridine rings is 1. The molecule has 0 N–H and O–H groups in total. The maximum atomic E-state index is 12.6. The standard InChI is InChI=1S/C14H9BrF3NO/c15-11-4-5-19-12(8-11)13(20)7-9-2-1-3-10(6-9)14(16,17)18/h1-6,8H,7H2. The minimum absolute atomic E-state index is 0.118. The van der Waals surface area contributed by atoms with Gasteiger partial charge in [0.15, 0.2) is 5.78 Å². The number of hydrogen-bond donors (Lipinski definition) is 0. The van der Waals surface area contributed by atoms with Gasteiger partial charge < -0.3 is 0 Å². The second-order valence-corrected chi connectivity index (χ2v) is 5.07. The first-order chi connectivity index (χ1) is 9.36. The lowest BCUT2D eigenvalue weighted by Gasteiger charge is -2.08. The number of carbonyl (C=O) groups excluding carboxylic acids is 1. The van der Waals surface area contributed by atoms with Crippen molar-refractivity contribution in [2.45, 2.75) is 12.6 Å². The Hall–Kier alpha value is -1.69. The number of ketones is 1. The number of halogens is 4.